The van der Waals surface area contributed by atoms with Crippen molar-refractivity contribution in [3.05, 3.63) is 28.3 Å². The molecular formula is C15H23NO3. The van der Waals surface area contributed by atoms with Gasteiger partial charge in [0.05, 0.1) is 20.3 Å². The summed E-state index contributed by atoms with van der Waals surface area (Å²) >= 11 is 0. The van der Waals surface area contributed by atoms with Gasteiger partial charge in [-0.05, 0) is 44.4 Å². The molecule has 0 fully saturated rings. The SMILES string of the molecule is CCOC(=O)CNCc1c(C)cc(C)c(C)c1OC. The minimum atomic E-state index is -0.233. The highest BCUT2D eigenvalue weighted by atomic mass is 16.5. The van der Waals surface area contributed by atoms with Crippen molar-refractivity contribution in [2.75, 3.05) is 20.3 Å². The summed E-state index contributed by atoms with van der Waals surface area (Å²) in [5, 5.41) is 3.09. The number of esters is 1. The van der Waals surface area contributed by atoms with Gasteiger partial charge in [0.15, 0.2) is 0 Å². The van der Waals surface area contributed by atoms with Gasteiger partial charge in [-0.2, -0.15) is 0 Å². The Morgan fingerprint density at radius 1 is 1.26 bits per heavy atom. The van der Waals surface area contributed by atoms with E-state index in [1.807, 2.05) is 6.92 Å². The molecule has 1 aromatic rings. The van der Waals surface area contributed by atoms with E-state index >= 15 is 0 Å². The number of rotatable bonds is 6. The molecule has 0 saturated carbocycles. The molecule has 0 aromatic heterocycles. The second kappa shape index (κ2) is 7.14. The fourth-order valence-corrected chi connectivity index (χ4v) is 2.10. The van der Waals surface area contributed by atoms with Crippen LogP contribution in [0.25, 0.3) is 0 Å². The average Bonchev–Trinajstić information content (AvgIpc) is 2.36. The van der Waals surface area contributed by atoms with Crippen LogP contribution in [0.2, 0.25) is 0 Å². The van der Waals surface area contributed by atoms with E-state index in [0.29, 0.717) is 13.2 Å². The van der Waals surface area contributed by atoms with E-state index in [9.17, 15) is 4.79 Å². The Bertz CT molecular complexity index is 455. The summed E-state index contributed by atoms with van der Waals surface area (Å²) in [6.45, 7) is 9.18. The molecule has 0 aliphatic carbocycles. The third kappa shape index (κ3) is 3.96. The molecule has 1 N–H and O–H groups in total. The number of benzene rings is 1. The molecule has 4 heteroatoms. The zero-order valence-electron chi connectivity index (χ0n) is 12.4. The zero-order valence-corrected chi connectivity index (χ0v) is 12.4. The molecule has 1 aromatic carbocycles. The van der Waals surface area contributed by atoms with Crippen LogP contribution in [0, 0.1) is 20.8 Å². The summed E-state index contributed by atoms with van der Waals surface area (Å²) < 4.78 is 10.4. The number of methoxy groups -OCH3 is 1. The lowest BCUT2D eigenvalue weighted by Crippen LogP contribution is -2.25. The van der Waals surface area contributed by atoms with Crippen molar-refractivity contribution in [1.29, 1.82) is 0 Å². The molecule has 4 nitrogen and oxygen atoms in total. The lowest BCUT2D eigenvalue weighted by molar-refractivity contribution is -0.142. The van der Waals surface area contributed by atoms with E-state index in [1.54, 1.807) is 14.0 Å². The van der Waals surface area contributed by atoms with Crippen molar-refractivity contribution in [2.24, 2.45) is 0 Å². The van der Waals surface area contributed by atoms with Crippen molar-refractivity contribution in [3.8, 4) is 5.75 Å². The van der Waals surface area contributed by atoms with Gasteiger partial charge in [-0.15, -0.1) is 0 Å². The van der Waals surface area contributed by atoms with Crippen molar-refractivity contribution >= 4 is 5.97 Å². The van der Waals surface area contributed by atoms with Crippen LogP contribution < -0.4 is 10.1 Å². The molecule has 0 radical (unpaired) electrons. The Morgan fingerprint density at radius 2 is 1.95 bits per heavy atom. The molecule has 0 unspecified atom stereocenters. The summed E-state index contributed by atoms with van der Waals surface area (Å²) in [6, 6.07) is 2.14. The molecule has 1 rings (SSSR count). The smallest absolute Gasteiger partial charge is 0.319 e. The molecule has 0 heterocycles. The number of hydrogen-bond donors (Lipinski definition) is 1. The van der Waals surface area contributed by atoms with E-state index in [2.05, 4.69) is 25.2 Å². The third-order valence-electron chi connectivity index (χ3n) is 3.20. The molecule has 0 aliphatic rings. The summed E-state index contributed by atoms with van der Waals surface area (Å²) in [4.78, 5) is 11.3. The van der Waals surface area contributed by atoms with Gasteiger partial charge in [-0.1, -0.05) is 6.07 Å². The van der Waals surface area contributed by atoms with Crippen molar-refractivity contribution < 1.29 is 14.3 Å². The Labute approximate surface area is 115 Å². The normalized spacial score (nSPS) is 10.4. The third-order valence-corrected chi connectivity index (χ3v) is 3.20. The Balaban J connectivity index is 2.78. The first-order chi connectivity index (χ1) is 9.01. The standard InChI is InChI=1S/C15H23NO3/c1-6-19-14(17)9-16-8-13-11(3)7-10(2)12(4)15(13)18-5/h7,16H,6,8-9H2,1-5H3. The van der Waals surface area contributed by atoms with Crippen LogP contribution in [0.3, 0.4) is 0 Å². The van der Waals surface area contributed by atoms with Gasteiger partial charge in [0.1, 0.15) is 5.75 Å². The van der Waals surface area contributed by atoms with E-state index in [1.165, 1.54) is 5.56 Å². The summed E-state index contributed by atoms with van der Waals surface area (Å²) in [5.41, 5.74) is 4.61. The number of nitrogens with one attached hydrogen (secondary N) is 1. The molecule has 106 valence electrons. The van der Waals surface area contributed by atoms with Crippen LogP contribution in [0.5, 0.6) is 5.75 Å². The van der Waals surface area contributed by atoms with Gasteiger partial charge in [-0.25, -0.2) is 0 Å². The van der Waals surface area contributed by atoms with Gasteiger partial charge in [0, 0.05) is 12.1 Å². The second-order valence-electron chi connectivity index (χ2n) is 4.56. The van der Waals surface area contributed by atoms with Gasteiger partial charge in [0.2, 0.25) is 0 Å². The van der Waals surface area contributed by atoms with Crippen molar-refractivity contribution in [1.82, 2.24) is 5.32 Å². The van der Waals surface area contributed by atoms with Gasteiger partial charge in [-0.3, -0.25) is 4.79 Å². The molecule has 0 spiro atoms. The molecule has 0 bridgehead atoms. The first-order valence-corrected chi connectivity index (χ1v) is 6.51. The predicted octanol–water partition coefficient (Wildman–Crippen LogP) is 2.27. The first-order valence-electron chi connectivity index (χ1n) is 6.51. The Hall–Kier alpha value is -1.55. The van der Waals surface area contributed by atoms with E-state index < -0.39 is 0 Å². The van der Waals surface area contributed by atoms with Gasteiger partial charge in [0.25, 0.3) is 0 Å². The number of carbonyl (C=O) groups excluding carboxylic acids is 1. The largest absolute Gasteiger partial charge is 0.496 e. The van der Waals surface area contributed by atoms with Crippen LogP contribution in [0.15, 0.2) is 6.07 Å². The molecule has 0 atom stereocenters. The molecule has 0 saturated heterocycles. The van der Waals surface area contributed by atoms with E-state index in [-0.39, 0.29) is 12.5 Å². The summed E-state index contributed by atoms with van der Waals surface area (Å²) in [6.07, 6.45) is 0. The topological polar surface area (TPSA) is 47.6 Å². The van der Waals surface area contributed by atoms with Crippen LogP contribution >= 0.6 is 0 Å². The fraction of sp³-hybridized carbons (Fsp3) is 0.533. The maximum Gasteiger partial charge on any atom is 0.319 e. The van der Waals surface area contributed by atoms with Gasteiger partial charge >= 0.3 is 5.97 Å². The highest BCUT2D eigenvalue weighted by molar-refractivity contribution is 5.71. The molecular weight excluding hydrogens is 242 g/mol. The van der Waals surface area contributed by atoms with E-state index in [0.717, 1.165) is 22.4 Å². The van der Waals surface area contributed by atoms with Crippen molar-refractivity contribution in [3.63, 3.8) is 0 Å². The Morgan fingerprint density at radius 3 is 2.53 bits per heavy atom. The lowest BCUT2D eigenvalue weighted by atomic mass is 9.99. The number of ether oxygens (including phenoxy) is 2. The highest BCUT2D eigenvalue weighted by Gasteiger charge is 2.12. The fourth-order valence-electron chi connectivity index (χ4n) is 2.10. The highest BCUT2D eigenvalue weighted by Crippen LogP contribution is 2.29. The molecule has 0 amide bonds. The summed E-state index contributed by atoms with van der Waals surface area (Å²) in [7, 11) is 1.68. The van der Waals surface area contributed by atoms with Gasteiger partial charge < -0.3 is 14.8 Å². The van der Waals surface area contributed by atoms with Crippen LogP contribution in [0.1, 0.15) is 29.2 Å². The Kier molecular flexibility index (Phi) is 5.83. The van der Waals surface area contributed by atoms with E-state index in [4.69, 9.17) is 9.47 Å². The summed E-state index contributed by atoms with van der Waals surface area (Å²) in [5.74, 6) is 0.664. The van der Waals surface area contributed by atoms with Crippen LogP contribution in [0.4, 0.5) is 0 Å². The zero-order chi connectivity index (χ0) is 14.4. The number of aryl methyl sites for hydroxylation is 2. The number of hydrogen-bond acceptors (Lipinski definition) is 4. The lowest BCUT2D eigenvalue weighted by Gasteiger charge is -2.17. The quantitative estimate of drug-likeness (QED) is 0.802. The predicted molar refractivity (Wildman–Crippen MR) is 75.5 cm³/mol. The van der Waals surface area contributed by atoms with Crippen molar-refractivity contribution in [2.45, 2.75) is 34.2 Å². The average molecular weight is 265 g/mol. The number of carbonyl (C=O) groups is 1. The maximum atomic E-state index is 11.3. The minimum absolute atomic E-state index is 0.212. The maximum absolute atomic E-state index is 11.3. The molecule has 0 aliphatic heterocycles. The monoisotopic (exact) mass is 265 g/mol. The minimum Gasteiger partial charge on any atom is -0.496 e. The first kappa shape index (κ1) is 15.5. The van der Waals surface area contributed by atoms with Crippen LogP contribution in [-0.2, 0) is 16.1 Å². The van der Waals surface area contributed by atoms with Crippen LogP contribution in [-0.4, -0.2) is 26.2 Å². The molecule has 19 heavy (non-hydrogen) atoms. The second-order valence-corrected chi connectivity index (χ2v) is 4.56.